The van der Waals surface area contributed by atoms with Crippen LogP contribution < -0.4 is 0 Å². The van der Waals surface area contributed by atoms with Gasteiger partial charge in [0.2, 0.25) is 0 Å². The molecule has 0 amide bonds. The highest BCUT2D eigenvalue weighted by molar-refractivity contribution is 6.05. The average molecular weight is 265 g/mol. The van der Waals surface area contributed by atoms with Gasteiger partial charge in [0.05, 0.1) is 6.26 Å². The first kappa shape index (κ1) is 12.2. The zero-order valence-corrected chi connectivity index (χ0v) is 10.7. The minimum absolute atomic E-state index is 0. The molecule has 0 saturated carbocycles. The van der Waals surface area contributed by atoms with E-state index in [1.165, 1.54) is 6.08 Å². The van der Waals surface area contributed by atoms with Crippen molar-refractivity contribution < 1.29 is 10.6 Å². The van der Waals surface area contributed by atoms with E-state index in [9.17, 15) is 4.79 Å². The summed E-state index contributed by atoms with van der Waals surface area (Å²) in [5.74, 6) is 0.588. The van der Waals surface area contributed by atoms with Gasteiger partial charge in [-0.1, -0.05) is 18.2 Å². The fraction of sp³-hybridized carbons (Fsp3) is 0. The molecule has 1 aromatic carbocycles. The fourth-order valence-corrected chi connectivity index (χ4v) is 2.01. The molecular formula is C17H15NO2. The highest BCUT2D eigenvalue weighted by Gasteiger charge is 1.99. The lowest BCUT2D eigenvalue weighted by Gasteiger charge is -1.90. The minimum Gasteiger partial charge on any atom is -0.465 e. The van der Waals surface area contributed by atoms with Gasteiger partial charge in [-0.3, -0.25) is 4.79 Å². The molecule has 2 aromatic heterocycles. The van der Waals surface area contributed by atoms with Gasteiger partial charge in [0.15, 0.2) is 5.78 Å². The summed E-state index contributed by atoms with van der Waals surface area (Å²) in [6.07, 6.45) is 9.98. The summed E-state index contributed by atoms with van der Waals surface area (Å²) in [6, 6.07) is 11.6. The maximum Gasteiger partial charge on any atom is 0.178 e. The second-order valence-electron chi connectivity index (χ2n) is 4.37. The van der Waals surface area contributed by atoms with Crippen LogP contribution in [0.3, 0.4) is 0 Å². The lowest BCUT2D eigenvalue weighted by Crippen LogP contribution is -1.84. The third kappa shape index (κ3) is 2.62. The summed E-state index contributed by atoms with van der Waals surface area (Å²) in [4.78, 5) is 14.9. The van der Waals surface area contributed by atoms with Crippen molar-refractivity contribution in [3.63, 3.8) is 0 Å². The largest absolute Gasteiger partial charge is 0.465 e. The molecule has 3 aromatic rings. The predicted octanol–water partition coefficient (Wildman–Crippen LogP) is 4.30. The Morgan fingerprint density at radius 3 is 2.80 bits per heavy atom. The van der Waals surface area contributed by atoms with Crippen molar-refractivity contribution in [3.05, 3.63) is 72.3 Å². The van der Waals surface area contributed by atoms with Crippen LogP contribution in [0.4, 0.5) is 0 Å². The molecule has 3 nitrogen and oxygen atoms in total. The first-order chi connectivity index (χ1) is 9.83. The van der Waals surface area contributed by atoms with Gasteiger partial charge in [-0.15, -0.1) is 0 Å². The van der Waals surface area contributed by atoms with Gasteiger partial charge in [-0.05, 0) is 48.1 Å². The number of nitrogens with one attached hydrogen (secondary N) is 1. The van der Waals surface area contributed by atoms with Crippen LogP contribution in [0.2, 0.25) is 0 Å². The Kier molecular flexibility index (Phi) is 3.33. The number of hydrogen-bond acceptors (Lipinski definition) is 2. The molecule has 0 atom stereocenters. The van der Waals surface area contributed by atoms with E-state index in [0.717, 1.165) is 16.5 Å². The number of hydrogen-bond donors (Lipinski definition) is 1. The first-order valence-electron chi connectivity index (χ1n) is 6.33. The van der Waals surface area contributed by atoms with E-state index in [-0.39, 0.29) is 7.21 Å². The number of aromatic amines is 1. The number of para-hydroxylation sites is 1. The number of aromatic nitrogens is 1. The molecule has 1 N–H and O–H groups in total. The Balaban J connectivity index is 0.00000161. The number of fused-ring (bicyclic) bond motifs is 1. The molecule has 0 saturated heterocycles. The number of carbonyl (C=O) groups excluding carboxylic acids is 1. The molecule has 0 spiro atoms. The summed E-state index contributed by atoms with van der Waals surface area (Å²) in [7, 11) is 0. The highest BCUT2D eigenvalue weighted by atomic mass is 16.3. The van der Waals surface area contributed by atoms with Gasteiger partial charge in [0, 0.05) is 18.5 Å². The predicted molar refractivity (Wildman–Crippen MR) is 82.2 cm³/mol. The Morgan fingerprint density at radius 1 is 1.10 bits per heavy atom. The molecule has 0 aliphatic carbocycles. The molecule has 3 rings (SSSR count). The van der Waals surface area contributed by atoms with E-state index in [1.54, 1.807) is 30.5 Å². The molecule has 0 aliphatic heterocycles. The van der Waals surface area contributed by atoms with Crippen LogP contribution in [0.15, 0.2) is 65.4 Å². The number of ketones is 1. The maximum atomic E-state index is 11.7. The smallest absolute Gasteiger partial charge is 0.178 e. The van der Waals surface area contributed by atoms with Crippen molar-refractivity contribution in [2.24, 2.45) is 0 Å². The van der Waals surface area contributed by atoms with E-state index >= 15 is 0 Å². The van der Waals surface area contributed by atoms with Crippen LogP contribution in [-0.2, 0) is 4.79 Å². The van der Waals surface area contributed by atoms with Crippen molar-refractivity contribution >= 4 is 28.8 Å². The van der Waals surface area contributed by atoms with E-state index in [2.05, 4.69) is 4.98 Å². The molecule has 0 radical (unpaired) electrons. The monoisotopic (exact) mass is 265 g/mol. The van der Waals surface area contributed by atoms with Crippen molar-refractivity contribution in [2.45, 2.75) is 0 Å². The van der Waals surface area contributed by atoms with E-state index in [0.29, 0.717) is 5.76 Å². The number of benzene rings is 1. The number of H-pyrrole nitrogens is 1. The third-order valence-corrected chi connectivity index (χ3v) is 3.00. The molecule has 3 heteroatoms. The molecule has 20 heavy (non-hydrogen) atoms. The summed E-state index contributed by atoms with van der Waals surface area (Å²) in [5, 5.41) is 1.10. The van der Waals surface area contributed by atoms with Crippen molar-refractivity contribution in [1.82, 2.24) is 4.98 Å². The molecule has 0 bridgehead atoms. The zero-order chi connectivity index (χ0) is 13.8. The topological polar surface area (TPSA) is 46.0 Å². The van der Waals surface area contributed by atoms with E-state index in [4.69, 9.17) is 4.42 Å². The Labute approximate surface area is 117 Å². The number of allylic oxidation sites excluding steroid dienone is 2. The zero-order valence-electron chi connectivity index (χ0n) is 10.7. The van der Waals surface area contributed by atoms with Crippen LogP contribution in [0.25, 0.3) is 23.1 Å². The Bertz CT molecular complexity index is 782. The van der Waals surface area contributed by atoms with Crippen LogP contribution in [0.1, 0.15) is 12.8 Å². The SMILES string of the molecule is O=C(/C=C/c1ccco1)/C=C/c1c[nH]c2ccccc12.[HH]. The normalized spacial score (nSPS) is 11.8. The van der Waals surface area contributed by atoms with E-state index < -0.39 is 0 Å². The Morgan fingerprint density at radius 2 is 1.95 bits per heavy atom. The summed E-state index contributed by atoms with van der Waals surface area (Å²) in [6.45, 7) is 0. The molecule has 100 valence electrons. The lowest BCUT2D eigenvalue weighted by atomic mass is 10.1. The van der Waals surface area contributed by atoms with Gasteiger partial charge in [-0.2, -0.15) is 0 Å². The lowest BCUT2D eigenvalue weighted by molar-refractivity contribution is -0.110. The second-order valence-corrected chi connectivity index (χ2v) is 4.37. The summed E-state index contributed by atoms with van der Waals surface area (Å²) in [5.41, 5.74) is 2.06. The van der Waals surface area contributed by atoms with Gasteiger partial charge in [0.1, 0.15) is 5.76 Å². The molecule has 0 aliphatic rings. The molecule has 0 unspecified atom stereocenters. The number of rotatable bonds is 4. The third-order valence-electron chi connectivity index (χ3n) is 3.00. The summed E-state index contributed by atoms with van der Waals surface area (Å²) < 4.78 is 5.12. The molecule has 0 fully saturated rings. The van der Waals surface area contributed by atoms with E-state index in [1.807, 2.05) is 36.5 Å². The number of carbonyl (C=O) groups is 1. The first-order valence-corrected chi connectivity index (χ1v) is 6.33. The summed E-state index contributed by atoms with van der Waals surface area (Å²) >= 11 is 0. The van der Waals surface area contributed by atoms with Crippen molar-refractivity contribution in [3.8, 4) is 0 Å². The highest BCUT2D eigenvalue weighted by Crippen LogP contribution is 2.18. The fourth-order valence-electron chi connectivity index (χ4n) is 2.01. The van der Waals surface area contributed by atoms with Gasteiger partial charge >= 0.3 is 0 Å². The van der Waals surface area contributed by atoms with Crippen molar-refractivity contribution in [2.75, 3.05) is 0 Å². The quantitative estimate of drug-likeness (QED) is 0.715. The van der Waals surface area contributed by atoms with Gasteiger partial charge < -0.3 is 9.40 Å². The number of furan rings is 1. The van der Waals surface area contributed by atoms with Crippen LogP contribution in [0.5, 0.6) is 0 Å². The second kappa shape index (κ2) is 5.45. The van der Waals surface area contributed by atoms with Gasteiger partial charge in [-0.25, -0.2) is 0 Å². The average Bonchev–Trinajstić information content (AvgIpc) is 3.12. The van der Waals surface area contributed by atoms with Crippen LogP contribution in [0, 0.1) is 0 Å². The van der Waals surface area contributed by atoms with Gasteiger partial charge in [0.25, 0.3) is 0 Å². The van der Waals surface area contributed by atoms with Crippen molar-refractivity contribution in [1.29, 1.82) is 0 Å². The van der Waals surface area contributed by atoms with Crippen LogP contribution >= 0.6 is 0 Å². The maximum absolute atomic E-state index is 11.7. The molecular weight excluding hydrogens is 250 g/mol. The standard InChI is InChI=1S/C17H13NO2.H2/c19-14(9-10-15-4-3-11-20-15)8-7-13-12-18-17-6-2-1-5-16(13)17;/h1-12,18H;1H/b8-7+,10-9+;. The Hall–Kier alpha value is -2.81. The molecule has 2 heterocycles. The minimum atomic E-state index is -0.0771. The van der Waals surface area contributed by atoms with Crippen LogP contribution in [-0.4, -0.2) is 10.8 Å².